The molecule has 0 aliphatic rings. The molecule has 1 aromatic carbocycles. The molecule has 0 unspecified atom stereocenters. The first kappa shape index (κ1) is 14.9. The monoisotopic (exact) mass is 301 g/mol. The number of hydrogen-bond acceptors (Lipinski definition) is 4. The molecule has 2 rings (SSSR count). The number of aromatic nitrogens is 2. The molecule has 7 heteroatoms. The second-order valence-corrected chi connectivity index (χ2v) is 5.50. The first-order chi connectivity index (χ1) is 9.49. The Morgan fingerprint density at radius 2 is 1.70 bits per heavy atom. The fraction of sp³-hybridized carbons (Fsp3) is 0.385. The maximum absolute atomic E-state index is 12.4. The highest BCUT2D eigenvalue weighted by molar-refractivity contribution is 7.11. The molecule has 2 aromatic rings. The van der Waals surface area contributed by atoms with Crippen LogP contribution in [0.25, 0.3) is 0 Å². The average Bonchev–Trinajstić information content (AvgIpc) is 2.83. The lowest BCUT2D eigenvalue weighted by atomic mass is 10.1. The van der Waals surface area contributed by atoms with Crippen LogP contribution in [0.15, 0.2) is 24.3 Å². The predicted molar refractivity (Wildman–Crippen MR) is 71.5 cm³/mol. The maximum atomic E-state index is 12.4. The van der Waals surface area contributed by atoms with E-state index in [4.69, 9.17) is 5.73 Å². The van der Waals surface area contributed by atoms with Crippen molar-refractivity contribution in [3.63, 3.8) is 0 Å². The lowest BCUT2D eigenvalue weighted by Crippen LogP contribution is -2.04. The van der Waals surface area contributed by atoms with Crippen LogP contribution in [-0.2, 0) is 19.0 Å². The Labute approximate surface area is 118 Å². The Morgan fingerprint density at radius 3 is 2.30 bits per heavy atom. The molecule has 0 amide bonds. The zero-order chi connectivity index (χ0) is 14.6. The summed E-state index contributed by atoms with van der Waals surface area (Å²) in [6.07, 6.45) is -2.15. The molecule has 0 fully saturated rings. The summed E-state index contributed by atoms with van der Waals surface area (Å²) >= 11 is 1.48. The number of alkyl halides is 3. The molecule has 0 saturated heterocycles. The van der Waals surface area contributed by atoms with E-state index >= 15 is 0 Å². The zero-order valence-corrected chi connectivity index (χ0v) is 11.5. The van der Waals surface area contributed by atoms with Gasteiger partial charge in [-0.25, -0.2) is 0 Å². The van der Waals surface area contributed by atoms with Crippen molar-refractivity contribution in [1.82, 2.24) is 10.2 Å². The van der Waals surface area contributed by atoms with Gasteiger partial charge < -0.3 is 5.73 Å². The standard InChI is InChI=1S/C13H14F3N3S/c14-13(15,16)10-5-3-9(4-6-10)8-12-19-18-11(20-12)2-1-7-17/h3-6H,1-2,7-8,17H2. The third-order valence-corrected chi connectivity index (χ3v) is 3.72. The number of nitrogens with zero attached hydrogens (tertiary/aromatic N) is 2. The SMILES string of the molecule is NCCCc1nnc(Cc2ccc(C(F)(F)F)cc2)s1. The summed E-state index contributed by atoms with van der Waals surface area (Å²) in [5.74, 6) is 0. The van der Waals surface area contributed by atoms with Crippen molar-refractivity contribution in [1.29, 1.82) is 0 Å². The van der Waals surface area contributed by atoms with Gasteiger partial charge in [0.25, 0.3) is 0 Å². The van der Waals surface area contributed by atoms with Gasteiger partial charge in [0.05, 0.1) is 5.56 Å². The van der Waals surface area contributed by atoms with Crippen LogP contribution >= 0.6 is 11.3 Å². The molecular formula is C13H14F3N3S. The first-order valence-corrected chi connectivity index (χ1v) is 6.98. The number of halogens is 3. The Morgan fingerprint density at radius 1 is 1.05 bits per heavy atom. The predicted octanol–water partition coefficient (Wildman–Crippen LogP) is 3.04. The van der Waals surface area contributed by atoms with Crippen molar-refractivity contribution >= 4 is 11.3 Å². The highest BCUT2D eigenvalue weighted by Gasteiger charge is 2.29. The van der Waals surface area contributed by atoms with Gasteiger partial charge in [-0.3, -0.25) is 0 Å². The quantitative estimate of drug-likeness (QED) is 0.923. The Kier molecular flexibility index (Phi) is 4.72. The Balaban J connectivity index is 2.01. The molecular weight excluding hydrogens is 287 g/mol. The smallest absolute Gasteiger partial charge is 0.330 e. The highest BCUT2D eigenvalue weighted by Crippen LogP contribution is 2.29. The van der Waals surface area contributed by atoms with Crippen molar-refractivity contribution in [3.8, 4) is 0 Å². The molecule has 108 valence electrons. The van der Waals surface area contributed by atoms with Gasteiger partial charge in [-0.2, -0.15) is 13.2 Å². The van der Waals surface area contributed by atoms with Gasteiger partial charge in [0.15, 0.2) is 0 Å². The fourth-order valence-electron chi connectivity index (χ4n) is 1.70. The van der Waals surface area contributed by atoms with E-state index in [1.807, 2.05) is 0 Å². The number of nitrogens with two attached hydrogens (primary N) is 1. The first-order valence-electron chi connectivity index (χ1n) is 6.16. The summed E-state index contributed by atoms with van der Waals surface area (Å²) in [5.41, 5.74) is 5.57. The number of benzene rings is 1. The second-order valence-electron chi connectivity index (χ2n) is 4.35. The summed E-state index contributed by atoms with van der Waals surface area (Å²) in [7, 11) is 0. The molecule has 0 aliphatic heterocycles. The van der Waals surface area contributed by atoms with E-state index < -0.39 is 11.7 Å². The van der Waals surface area contributed by atoms with Crippen molar-refractivity contribution < 1.29 is 13.2 Å². The largest absolute Gasteiger partial charge is 0.416 e. The summed E-state index contributed by atoms with van der Waals surface area (Å²) in [6, 6.07) is 5.13. The second kappa shape index (κ2) is 6.32. The van der Waals surface area contributed by atoms with Crippen molar-refractivity contribution in [2.75, 3.05) is 6.54 Å². The normalized spacial score (nSPS) is 11.8. The Bertz CT molecular complexity index is 549. The van der Waals surface area contributed by atoms with Crippen LogP contribution in [0, 0.1) is 0 Å². The molecule has 20 heavy (non-hydrogen) atoms. The van der Waals surface area contributed by atoms with Gasteiger partial charge in [0.1, 0.15) is 10.0 Å². The average molecular weight is 301 g/mol. The maximum Gasteiger partial charge on any atom is 0.416 e. The number of hydrogen-bond donors (Lipinski definition) is 1. The fourth-order valence-corrected chi connectivity index (χ4v) is 2.62. The van der Waals surface area contributed by atoms with E-state index in [0.29, 0.717) is 13.0 Å². The van der Waals surface area contributed by atoms with E-state index in [1.54, 1.807) is 0 Å². The van der Waals surface area contributed by atoms with E-state index in [1.165, 1.54) is 23.5 Å². The van der Waals surface area contributed by atoms with Gasteiger partial charge in [-0.1, -0.05) is 12.1 Å². The van der Waals surface area contributed by atoms with E-state index in [-0.39, 0.29) is 0 Å². The van der Waals surface area contributed by atoms with Gasteiger partial charge in [-0.05, 0) is 30.7 Å². The summed E-state index contributed by atoms with van der Waals surface area (Å²) in [4.78, 5) is 0. The minimum Gasteiger partial charge on any atom is -0.330 e. The van der Waals surface area contributed by atoms with Crippen molar-refractivity contribution in [2.45, 2.75) is 25.4 Å². The molecule has 0 radical (unpaired) electrons. The molecule has 0 saturated carbocycles. The van der Waals surface area contributed by atoms with Crippen LogP contribution in [0.3, 0.4) is 0 Å². The highest BCUT2D eigenvalue weighted by atomic mass is 32.1. The lowest BCUT2D eigenvalue weighted by molar-refractivity contribution is -0.137. The van der Waals surface area contributed by atoms with Gasteiger partial charge in [0, 0.05) is 12.8 Å². The summed E-state index contributed by atoms with van der Waals surface area (Å²) in [5, 5.41) is 9.80. The number of aryl methyl sites for hydroxylation is 1. The lowest BCUT2D eigenvalue weighted by Gasteiger charge is -2.06. The van der Waals surface area contributed by atoms with Crippen LogP contribution in [0.5, 0.6) is 0 Å². The van der Waals surface area contributed by atoms with E-state index in [2.05, 4.69) is 10.2 Å². The molecule has 1 aromatic heterocycles. The third-order valence-electron chi connectivity index (χ3n) is 2.74. The van der Waals surface area contributed by atoms with E-state index in [0.717, 1.165) is 40.6 Å². The van der Waals surface area contributed by atoms with Crippen LogP contribution in [0.1, 0.15) is 27.6 Å². The van der Waals surface area contributed by atoms with Gasteiger partial charge >= 0.3 is 6.18 Å². The van der Waals surface area contributed by atoms with Crippen LogP contribution in [-0.4, -0.2) is 16.7 Å². The molecule has 0 bridgehead atoms. The van der Waals surface area contributed by atoms with Crippen LogP contribution in [0.2, 0.25) is 0 Å². The zero-order valence-electron chi connectivity index (χ0n) is 10.7. The van der Waals surface area contributed by atoms with Crippen molar-refractivity contribution in [3.05, 3.63) is 45.4 Å². The number of rotatable bonds is 5. The third kappa shape index (κ3) is 4.01. The minimum atomic E-state index is -4.29. The molecule has 0 aliphatic carbocycles. The molecule has 2 N–H and O–H groups in total. The van der Waals surface area contributed by atoms with Crippen molar-refractivity contribution in [2.24, 2.45) is 5.73 Å². The summed E-state index contributed by atoms with van der Waals surface area (Å²) in [6.45, 7) is 0.605. The Hall–Kier alpha value is -1.47. The van der Waals surface area contributed by atoms with Crippen LogP contribution in [0.4, 0.5) is 13.2 Å². The molecule has 3 nitrogen and oxygen atoms in total. The van der Waals surface area contributed by atoms with Gasteiger partial charge in [-0.15, -0.1) is 21.5 Å². The molecule has 0 atom stereocenters. The molecule has 0 spiro atoms. The molecule has 1 heterocycles. The topological polar surface area (TPSA) is 51.8 Å². The summed E-state index contributed by atoms with van der Waals surface area (Å²) < 4.78 is 37.3. The van der Waals surface area contributed by atoms with Gasteiger partial charge in [0.2, 0.25) is 0 Å². The van der Waals surface area contributed by atoms with Crippen LogP contribution < -0.4 is 5.73 Å². The minimum absolute atomic E-state index is 0.498. The van der Waals surface area contributed by atoms with E-state index in [9.17, 15) is 13.2 Å².